The Labute approximate surface area is 126 Å². The highest BCUT2D eigenvalue weighted by atomic mass is 35.5. The molecule has 1 aromatic heterocycles. The zero-order chi connectivity index (χ0) is 14.1. The molecule has 1 aromatic carbocycles. The lowest BCUT2D eigenvalue weighted by Crippen LogP contribution is -2.26. The van der Waals surface area contributed by atoms with Crippen LogP contribution < -0.4 is 4.90 Å². The number of rotatable bonds is 5. The molecule has 0 aliphatic heterocycles. The van der Waals surface area contributed by atoms with Crippen molar-refractivity contribution >= 4 is 34.6 Å². The van der Waals surface area contributed by atoms with E-state index in [2.05, 4.69) is 16.3 Å². The Kier molecular flexibility index (Phi) is 3.68. The summed E-state index contributed by atoms with van der Waals surface area (Å²) in [6, 6.07) is 7.79. The molecule has 1 saturated carbocycles. The lowest BCUT2D eigenvalue weighted by atomic mass is 10.1. The topological polar surface area (TPSA) is 40.5 Å². The second-order valence-electron chi connectivity index (χ2n) is 4.93. The van der Waals surface area contributed by atoms with Crippen LogP contribution in [-0.4, -0.2) is 17.1 Å². The van der Waals surface area contributed by atoms with Crippen LogP contribution in [0.5, 0.6) is 0 Å². The molecule has 1 aliphatic rings. The Morgan fingerprint density at radius 1 is 1.40 bits per heavy atom. The zero-order valence-electron chi connectivity index (χ0n) is 10.8. The monoisotopic (exact) mass is 307 g/mol. The molecular formula is C15H14ClNO2S. The van der Waals surface area contributed by atoms with Crippen LogP contribution in [0.3, 0.4) is 0 Å². The first-order chi connectivity index (χ1) is 9.66. The molecule has 0 atom stereocenters. The Balaban J connectivity index is 1.99. The summed E-state index contributed by atoms with van der Waals surface area (Å²) in [4.78, 5) is 13.6. The van der Waals surface area contributed by atoms with Crippen molar-refractivity contribution in [2.45, 2.75) is 25.4 Å². The van der Waals surface area contributed by atoms with E-state index < -0.39 is 5.97 Å². The summed E-state index contributed by atoms with van der Waals surface area (Å²) in [6.45, 7) is 0.731. The Morgan fingerprint density at radius 3 is 2.80 bits per heavy atom. The fourth-order valence-corrected chi connectivity index (χ4v) is 3.25. The fourth-order valence-electron chi connectivity index (χ4n) is 2.34. The molecule has 5 heteroatoms. The van der Waals surface area contributed by atoms with Gasteiger partial charge in [0, 0.05) is 12.6 Å². The highest BCUT2D eigenvalue weighted by Gasteiger charge is 2.32. The van der Waals surface area contributed by atoms with Crippen LogP contribution in [0.25, 0.3) is 0 Å². The molecule has 0 bridgehead atoms. The van der Waals surface area contributed by atoms with Crippen molar-refractivity contribution < 1.29 is 9.90 Å². The lowest BCUT2D eigenvalue weighted by Gasteiger charge is -2.26. The van der Waals surface area contributed by atoms with Gasteiger partial charge in [-0.05, 0) is 47.4 Å². The van der Waals surface area contributed by atoms with Gasteiger partial charge < -0.3 is 10.0 Å². The minimum atomic E-state index is -0.971. The molecule has 1 N–H and O–H groups in total. The lowest BCUT2D eigenvalue weighted by molar-refractivity contribution is 0.0697. The summed E-state index contributed by atoms with van der Waals surface area (Å²) in [6.07, 6.45) is 2.21. The maximum atomic E-state index is 11.5. The first kappa shape index (κ1) is 13.5. The molecule has 0 amide bonds. The van der Waals surface area contributed by atoms with Gasteiger partial charge in [-0.1, -0.05) is 17.7 Å². The molecule has 3 nitrogen and oxygen atoms in total. The SMILES string of the molecule is O=C(O)c1c(Cl)cccc1N(Cc1ccsc1)C1CC1. The van der Waals surface area contributed by atoms with Gasteiger partial charge in [-0.15, -0.1) is 0 Å². The van der Waals surface area contributed by atoms with Crippen LogP contribution in [0.1, 0.15) is 28.8 Å². The largest absolute Gasteiger partial charge is 0.478 e. The number of hydrogen-bond acceptors (Lipinski definition) is 3. The molecule has 0 saturated heterocycles. The predicted octanol–water partition coefficient (Wildman–Crippen LogP) is 4.27. The molecular weight excluding hydrogens is 294 g/mol. The van der Waals surface area contributed by atoms with E-state index in [4.69, 9.17) is 11.6 Å². The summed E-state index contributed by atoms with van der Waals surface area (Å²) < 4.78 is 0. The number of nitrogens with zero attached hydrogens (tertiary/aromatic N) is 1. The van der Waals surface area contributed by atoms with Crippen molar-refractivity contribution in [1.29, 1.82) is 0 Å². The molecule has 0 unspecified atom stereocenters. The van der Waals surface area contributed by atoms with E-state index >= 15 is 0 Å². The van der Waals surface area contributed by atoms with Crippen molar-refractivity contribution in [2.24, 2.45) is 0 Å². The molecule has 1 heterocycles. The average Bonchev–Trinajstić information content (AvgIpc) is 3.12. The van der Waals surface area contributed by atoms with E-state index in [0.29, 0.717) is 11.1 Å². The molecule has 104 valence electrons. The Morgan fingerprint density at radius 2 is 2.20 bits per heavy atom. The number of thiophene rings is 1. The van der Waals surface area contributed by atoms with Crippen molar-refractivity contribution in [3.63, 3.8) is 0 Å². The quantitative estimate of drug-likeness (QED) is 0.897. The van der Waals surface area contributed by atoms with E-state index in [0.717, 1.165) is 25.1 Å². The molecule has 3 rings (SSSR count). The van der Waals surface area contributed by atoms with Crippen LogP contribution in [0.15, 0.2) is 35.0 Å². The van der Waals surface area contributed by atoms with E-state index in [-0.39, 0.29) is 5.56 Å². The molecule has 0 spiro atoms. The van der Waals surface area contributed by atoms with Crippen molar-refractivity contribution in [3.05, 3.63) is 51.2 Å². The van der Waals surface area contributed by atoms with Gasteiger partial charge in [0.1, 0.15) is 5.56 Å². The number of halogens is 1. The summed E-state index contributed by atoms with van der Waals surface area (Å²) in [5.41, 5.74) is 2.13. The number of carboxylic acids is 1. The van der Waals surface area contributed by atoms with Gasteiger partial charge in [0.2, 0.25) is 0 Å². The standard InChI is InChI=1S/C15H14ClNO2S/c16-12-2-1-3-13(14(12)15(18)19)17(11-4-5-11)8-10-6-7-20-9-10/h1-3,6-7,9,11H,4-5,8H2,(H,18,19). The van der Waals surface area contributed by atoms with Crippen LogP contribution in [0.2, 0.25) is 5.02 Å². The summed E-state index contributed by atoms with van der Waals surface area (Å²) in [5.74, 6) is -0.971. The van der Waals surface area contributed by atoms with E-state index in [1.807, 2.05) is 17.5 Å². The van der Waals surface area contributed by atoms with Gasteiger partial charge >= 0.3 is 5.97 Å². The van der Waals surface area contributed by atoms with Crippen LogP contribution >= 0.6 is 22.9 Å². The third-order valence-electron chi connectivity index (χ3n) is 3.44. The molecule has 20 heavy (non-hydrogen) atoms. The van der Waals surface area contributed by atoms with Crippen molar-refractivity contribution in [3.8, 4) is 0 Å². The first-order valence-corrected chi connectivity index (χ1v) is 7.78. The van der Waals surface area contributed by atoms with Gasteiger partial charge in [0.25, 0.3) is 0 Å². The summed E-state index contributed by atoms with van der Waals surface area (Å²) in [7, 11) is 0. The van der Waals surface area contributed by atoms with Crippen LogP contribution in [0, 0.1) is 0 Å². The second kappa shape index (κ2) is 5.46. The van der Waals surface area contributed by atoms with Crippen molar-refractivity contribution in [1.82, 2.24) is 0 Å². The minimum absolute atomic E-state index is 0.205. The van der Waals surface area contributed by atoms with Gasteiger partial charge in [-0.25, -0.2) is 4.79 Å². The van der Waals surface area contributed by atoms with E-state index in [1.54, 1.807) is 17.4 Å². The maximum Gasteiger partial charge on any atom is 0.339 e. The van der Waals surface area contributed by atoms with Gasteiger partial charge in [0.05, 0.1) is 10.7 Å². The average molecular weight is 308 g/mol. The molecule has 1 fully saturated rings. The maximum absolute atomic E-state index is 11.5. The third kappa shape index (κ3) is 2.67. The number of carboxylic acid groups (broad SMARTS) is 1. The van der Waals surface area contributed by atoms with Gasteiger partial charge in [0.15, 0.2) is 0 Å². The first-order valence-electron chi connectivity index (χ1n) is 6.46. The number of benzene rings is 1. The number of anilines is 1. The highest BCUT2D eigenvalue weighted by Crippen LogP contribution is 2.37. The Bertz CT molecular complexity index is 623. The van der Waals surface area contributed by atoms with Gasteiger partial charge in [-0.3, -0.25) is 0 Å². The molecule has 1 aliphatic carbocycles. The number of hydrogen-bond donors (Lipinski definition) is 1. The smallest absolute Gasteiger partial charge is 0.339 e. The summed E-state index contributed by atoms with van der Waals surface area (Å²) in [5, 5.41) is 13.8. The number of aromatic carboxylic acids is 1. The second-order valence-corrected chi connectivity index (χ2v) is 6.12. The summed E-state index contributed by atoms with van der Waals surface area (Å²) >= 11 is 7.72. The number of carbonyl (C=O) groups is 1. The van der Waals surface area contributed by atoms with Crippen LogP contribution in [-0.2, 0) is 6.54 Å². The van der Waals surface area contributed by atoms with E-state index in [9.17, 15) is 9.90 Å². The highest BCUT2D eigenvalue weighted by molar-refractivity contribution is 7.07. The predicted molar refractivity (Wildman–Crippen MR) is 81.9 cm³/mol. The normalized spacial score (nSPS) is 14.2. The zero-order valence-corrected chi connectivity index (χ0v) is 12.3. The minimum Gasteiger partial charge on any atom is -0.478 e. The fraction of sp³-hybridized carbons (Fsp3) is 0.267. The van der Waals surface area contributed by atoms with Gasteiger partial charge in [-0.2, -0.15) is 11.3 Å². The molecule has 0 radical (unpaired) electrons. The van der Waals surface area contributed by atoms with Crippen molar-refractivity contribution in [2.75, 3.05) is 4.90 Å². The third-order valence-corrected chi connectivity index (χ3v) is 4.48. The van der Waals surface area contributed by atoms with E-state index in [1.165, 1.54) is 5.56 Å². The Hall–Kier alpha value is -1.52. The molecule has 2 aromatic rings. The van der Waals surface area contributed by atoms with Crippen LogP contribution in [0.4, 0.5) is 5.69 Å².